The van der Waals surface area contributed by atoms with Gasteiger partial charge in [0, 0.05) is 36.4 Å². The van der Waals surface area contributed by atoms with Crippen molar-refractivity contribution in [2.75, 3.05) is 33.3 Å². The van der Waals surface area contributed by atoms with E-state index in [1.54, 1.807) is 11.3 Å². The summed E-state index contributed by atoms with van der Waals surface area (Å²) in [5.41, 5.74) is 0.750. The van der Waals surface area contributed by atoms with E-state index >= 15 is 0 Å². The van der Waals surface area contributed by atoms with Gasteiger partial charge in [-0.05, 0) is 13.1 Å². The Labute approximate surface area is 106 Å². The molecule has 1 unspecified atom stereocenters. The molecule has 4 nitrogen and oxygen atoms in total. The molecule has 1 aromatic rings. The van der Waals surface area contributed by atoms with E-state index in [-0.39, 0.29) is 6.10 Å². The van der Waals surface area contributed by atoms with Crippen molar-refractivity contribution in [1.82, 2.24) is 10.2 Å². The zero-order valence-corrected chi connectivity index (χ0v) is 10.8. The van der Waals surface area contributed by atoms with Gasteiger partial charge in [-0.25, -0.2) is 0 Å². The molecule has 17 heavy (non-hydrogen) atoms. The molecule has 1 aromatic heterocycles. The highest BCUT2D eigenvalue weighted by Crippen LogP contribution is 2.13. The lowest BCUT2D eigenvalue weighted by molar-refractivity contribution is -0.0181. The first-order valence-corrected chi connectivity index (χ1v) is 6.64. The molecule has 2 heterocycles. The minimum atomic E-state index is 0.282. The highest BCUT2D eigenvalue weighted by atomic mass is 32.1. The number of hydrogen-bond donors (Lipinski definition) is 1. The fourth-order valence-corrected chi connectivity index (χ4v) is 2.66. The number of nitrogens with zero attached hydrogens (tertiary/aromatic N) is 2. The van der Waals surface area contributed by atoms with Crippen LogP contribution in [0.25, 0.3) is 0 Å². The van der Waals surface area contributed by atoms with Gasteiger partial charge in [0.25, 0.3) is 0 Å². The van der Waals surface area contributed by atoms with E-state index < -0.39 is 0 Å². The fourth-order valence-electron chi connectivity index (χ4n) is 1.88. The summed E-state index contributed by atoms with van der Waals surface area (Å²) in [6, 6.07) is 4.08. The second-order valence-electron chi connectivity index (χ2n) is 4.30. The Morgan fingerprint density at radius 1 is 1.71 bits per heavy atom. The topological polar surface area (TPSA) is 48.3 Å². The second-order valence-corrected chi connectivity index (χ2v) is 5.30. The number of nitrogens with one attached hydrogen (secondary N) is 1. The molecule has 1 fully saturated rings. The van der Waals surface area contributed by atoms with E-state index in [0.717, 1.165) is 38.3 Å². The molecule has 0 aromatic carbocycles. The number of ether oxygens (including phenoxy) is 1. The Morgan fingerprint density at radius 3 is 3.29 bits per heavy atom. The van der Waals surface area contributed by atoms with E-state index in [4.69, 9.17) is 10.00 Å². The van der Waals surface area contributed by atoms with Gasteiger partial charge < -0.3 is 15.0 Å². The van der Waals surface area contributed by atoms with Crippen molar-refractivity contribution in [3.05, 3.63) is 21.9 Å². The molecule has 1 saturated heterocycles. The van der Waals surface area contributed by atoms with Crippen LogP contribution in [0.1, 0.15) is 10.4 Å². The predicted molar refractivity (Wildman–Crippen MR) is 68.0 cm³/mol. The standard InChI is InChI=1S/C12H17N3OS/c1-15-2-3-16-11(8-15)6-14-7-12-4-10(5-13)9-17-12/h4,9,11,14H,2-3,6-8H2,1H3. The van der Waals surface area contributed by atoms with Crippen LogP contribution < -0.4 is 5.32 Å². The average Bonchev–Trinajstić information content (AvgIpc) is 2.77. The van der Waals surface area contributed by atoms with Gasteiger partial charge in [-0.15, -0.1) is 11.3 Å². The molecular formula is C12H17N3OS. The number of hydrogen-bond acceptors (Lipinski definition) is 5. The normalized spacial score (nSPS) is 21.3. The van der Waals surface area contributed by atoms with E-state index in [0.29, 0.717) is 0 Å². The summed E-state index contributed by atoms with van der Waals surface area (Å²) in [7, 11) is 2.12. The van der Waals surface area contributed by atoms with Gasteiger partial charge in [0.1, 0.15) is 6.07 Å². The summed E-state index contributed by atoms with van der Waals surface area (Å²) in [5.74, 6) is 0. The summed E-state index contributed by atoms with van der Waals surface area (Å²) in [5, 5.41) is 14.0. The van der Waals surface area contributed by atoms with Crippen molar-refractivity contribution >= 4 is 11.3 Å². The third-order valence-electron chi connectivity index (χ3n) is 2.80. The number of morpholine rings is 1. The van der Waals surface area contributed by atoms with Crippen LogP contribution in [0.15, 0.2) is 11.4 Å². The van der Waals surface area contributed by atoms with Gasteiger partial charge >= 0.3 is 0 Å². The van der Waals surface area contributed by atoms with Crippen molar-refractivity contribution in [2.45, 2.75) is 12.6 Å². The minimum Gasteiger partial charge on any atom is -0.374 e. The van der Waals surface area contributed by atoms with Crippen molar-refractivity contribution in [3.8, 4) is 6.07 Å². The Bertz CT molecular complexity index is 399. The molecule has 0 spiro atoms. The van der Waals surface area contributed by atoms with Gasteiger partial charge in [0.15, 0.2) is 0 Å². The third-order valence-corrected chi connectivity index (χ3v) is 3.73. The van der Waals surface area contributed by atoms with Crippen LogP contribution in [0.5, 0.6) is 0 Å². The lowest BCUT2D eigenvalue weighted by Crippen LogP contribution is -2.44. The molecule has 5 heteroatoms. The van der Waals surface area contributed by atoms with Crippen molar-refractivity contribution in [2.24, 2.45) is 0 Å². The molecular weight excluding hydrogens is 234 g/mol. The molecule has 2 rings (SSSR count). The van der Waals surface area contributed by atoms with Crippen molar-refractivity contribution < 1.29 is 4.74 Å². The smallest absolute Gasteiger partial charge is 0.100 e. The molecule has 1 aliphatic heterocycles. The van der Waals surface area contributed by atoms with Gasteiger partial charge in [-0.3, -0.25) is 0 Å². The maximum absolute atomic E-state index is 8.72. The summed E-state index contributed by atoms with van der Waals surface area (Å²) in [6.45, 7) is 4.51. The van der Waals surface area contributed by atoms with E-state index in [2.05, 4.69) is 23.3 Å². The van der Waals surface area contributed by atoms with Crippen LogP contribution in [0.3, 0.4) is 0 Å². The second kappa shape index (κ2) is 6.12. The fraction of sp³-hybridized carbons (Fsp3) is 0.583. The molecule has 1 N–H and O–H groups in total. The SMILES string of the molecule is CN1CCOC(CNCc2cc(C#N)cs2)C1. The lowest BCUT2D eigenvalue weighted by atomic mass is 10.3. The van der Waals surface area contributed by atoms with Crippen LogP contribution >= 0.6 is 11.3 Å². The van der Waals surface area contributed by atoms with Gasteiger partial charge in [-0.1, -0.05) is 0 Å². The van der Waals surface area contributed by atoms with Crippen LogP contribution in [-0.2, 0) is 11.3 Å². The van der Waals surface area contributed by atoms with E-state index in [1.807, 2.05) is 11.4 Å². The number of likely N-dealkylation sites (N-methyl/N-ethyl adjacent to an activating group) is 1. The van der Waals surface area contributed by atoms with Crippen molar-refractivity contribution in [1.29, 1.82) is 5.26 Å². The summed E-state index contributed by atoms with van der Waals surface area (Å²) in [6.07, 6.45) is 0.282. The van der Waals surface area contributed by atoms with E-state index in [1.165, 1.54) is 4.88 Å². The van der Waals surface area contributed by atoms with E-state index in [9.17, 15) is 0 Å². The zero-order chi connectivity index (χ0) is 12.1. The monoisotopic (exact) mass is 251 g/mol. The van der Waals surface area contributed by atoms with Crippen LogP contribution in [0.4, 0.5) is 0 Å². The Kier molecular flexibility index (Phi) is 4.51. The van der Waals surface area contributed by atoms with Crippen LogP contribution in [0, 0.1) is 11.3 Å². The first-order valence-electron chi connectivity index (χ1n) is 5.76. The first-order chi connectivity index (χ1) is 8.28. The average molecular weight is 251 g/mol. The van der Waals surface area contributed by atoms with Gasteiger partial charge in [0.2, 0.25) is 0 Å². The first kappa shape index (κ1) is 12.5. The molecule has 1 atom stereocenters. The molecule has 0 saturated carbocycles. The Morgan fingerprint density at radius 2 is 2.59 bits per heavy atom. The zero-order valence-electron chi connectivity index (χ0n) is 9.98. The van der Waals surface area contributed by atoms with Crippen LogP contribution in [-0.4, -0.2) is 44.3 Å². The molecule has 0 amide bonds. The number of rotatable bonds is 4. The quantitative estimate of drug-likeness (QED) is 0.868. The highest BCUT2D eigenvalue weighted by molar-refractivity contribution is 7.10. The Hall–Kier alpha value is -0.930. The van der Waals surface area contributed by atoms with Crippen molar-refractivity contribution in [3.63, 3.8) is 0 Å². The maximum atomic E-state index is 8.72. The minimum absolute atomic E-state index is 0.282. The summed E-state index contributed by atoms with van der Waals surface area (Å²) >= 11 is 1.63. The molecule has 1 aliphatic rings. The predicted octanol–water partition coefficient (Wildman–Crippen LogP) is 1.04. The number of thiophene rings is 1. The third kappa shape index (κ3) is 3.79. The lowest BCUT2D eigenvalue weighted by Gasteiger charge is -2.30. The molecule has 92 valence electrons. The van der Waals surface area contributed by atoms with Crippen LogP contribution in [0.2, 0.25) is 0 Å². The number of nitriles is 1. The summed E-state index contributed by atoms with van der Waals surface area (Å²) < 4.78 is 5.66. The molecule has 0 aliphatic carbocycles. The highest BCUT2D eigenvalue weighted by Gasteiger charge is 2.16. The molecule has 0 radical (unpaired) electrons. The van der Waals surface area contributed by atoms with Gasteiger partial charge in [0.05, 0.1) is 18.3 Å². The molecule has 0 bridgehead atoms. The Balaban J connectivity index is 1.70. The maximum Gasteiger partial charge on any atom is 0.100 e. The largest absolute Gasteiger partial charge is 0.374 e. The van der Waals surface area contributed by atoms with Gasteiger partial charge in [-0.2, -0.15) is 5.26 Å². The summed E-state index contributed by atoms with van der Waals surface area (Å²) in [4.78, 5) is 3.49.